The van der Waals surface area contributed by atoms with E-state index < -0.39 is 0 Å². The van der Waals surface area contributed by atoms with Crippen LogP contribution < -0.4 is 5.32 Å². The van der Waals surface area contributed by atoms with Crippen molar-refractivity contribution in [2.75, 3.05) is 31.6 Å². The number of benzene rings is 2. The molecule has 1 saturated heterocycles. The van der Waals surface area contributed by atoms with Crippen molar-refractivity contribution >= 4 is 17.6 Å². The number of hydrogen-bond acceptors (Lipinski definition) is 3. The van der Waals surface area contributed by atoms with Gasteiger partial charge in [0.25, 0.3) is 5.91 Å². The monoisotopic (exact) mass is 526 g/mol. The van der Waals surface area contributed by atoms with Crippen LogP contribution in [0.3, 0.4) is 0 Å². The Morgan fingerprint density at radius 1 is 1.06 bits per heavy atom. The minimum Gasteiger partial charge on any atom is -0.465 e. The van der Waals surface area contributed by atoms with E-state index in [0.29, 0.717) is 24.2 Å². The molecule has 175 valence electrons. The Hall–Kier alpha value is -1.56. The Morgan fingerprint density at radius 2 is 1.76 bits per heavy atom. The summed E-state index contributed by atoms with van der Waals surface area (Å²) in [6.45, 7) is 9.21. The number of hydrogen-bond donors (Lipinski definition) is 1. The van der Waals surface area contributed by atoms with E-state index in [1.165, 1.54) is 5.56 Å². The number of nitrogens with zero attached hydrogens (tertiary/aromatic N) is 1. The Labute approximate surface area is 223 Å². The molecule has 0 bridgehead atoms. The molecule has 6 heteroatoms. The second-order valence-corrected chi connectivity index (χ2v) is 9.22. The molecule has 2 unspecified atom stereocenters. The predicted octanol–water partition coefficient (Wildman–Crippen LogP) is 5.01. The number of aryl methyl sites for hydroxylation is 2. The normalized spacial score (nSPS) is 19.9. The van der Waals surface area contributed by atoms with Gasteiger partial charge in [0, 0.05) is 44.0 Å². The summed E-state index contributed by atoms with van der Waals surface area (Å²) < 4.78 is 6.13. The number of likely N-dealkylation sites (tertiary alicyclic amines) is 1. The molecule has 0 saturated carbocycles. The van der Waals surface area contributed by atoms with Crippen LogP contribution in [0.15, 0.2) is 48.5 Å². The number of esters is 1. The summed E-state index contributed by atoms with van der Waals surface area (Å²) in [7, 11) is 0. The summed E-state index contributed by atoms with van der Waals surface area (Å²) in [6.07, 6.45) is 3.64. The van der Waals surface area contributed by atoms with Crippen LogP contribution in [0.2, 0.25) is 0 Å². The van der Waals surface area contributed by atoms with Gasteiger partial charge in [-0.3, -0.25) is 9.59 Å². The topological polar surface area (TPSA) is 55.4 Å². The van der Waals surface area contributed by atoms with Gasteiger partial charge >= 0.3 is 5.97 Å². The van der Waals surface area contributed by atoms with Crippen LogP contribution in [-0.2, 0) is 53.6 Å². The number of unbranched alkanes of at least 4 members (excludes halogenated alkanes) is 1. The van der Waals surface area contributed by atoms with E-state index in [1.54, 1.807) is 0 Å². The molecular weight excluding hydrogens is 489 g/mol. The largest absolute Gasteiger partial charge is 0.465 e. The summed E-state index contributed by atoms with van der Waals surface area (Å²) in [6, 6.07) is 16.3. The van der Waals surface area contributed by atoms with Gasteiger partial charge in [0.2, 0.25) is 0 Å². The van der Waals surface area contributed by atoms with Crippen LogP contribution in [0.4, 0.5) is 5.69 Å². The number of amides is 1. The first-order chi connectivity index (χ1) is 15.4. The number of nitrogens with one attached hydrogen (secondary N) is 1. The van der Waals surface area contributed by atoms with E-state index in [2.05, 4.69) is 24.4 Å². The molecule has 2 aromatic carbocycles. The van der Waals surface area contributed by atoms with Gasteiger partial charge in [-0.25, -0.2) is 0 Å². The second-order valence-electron chi connectivity index (χ2n) is 9.22. The molecule has 2 aromatic rings. The molecule has 1 aliphatic rings. The summed E-state index contributed by atoms with van der Waals surface area (Å²) in [5.41, 5.74) is 4.20. The molecule has 1 radical (unpaired) electrons. The quantitative estimate of drug-likeness (QED) is 0.284. The zero-order chi connectivity index (χ0) is 23.0. The van der Waals surface area contributed by atoms with Gasteiger partial charge in [-0.1, -0.05) is 61.9 Å². The molecule has 1 fully saturated rings. The van der Waals surface area contributed by atoms with Crippen LogP contribution in [0, 0.1) is 19.8 Å². The molecule has 33 heavy (non-hydrogen) atoms. The maximum atomic E-state index is 13.2. The van der Waals surface area contributed by atoms with E-state index in [1.807, 2.05) is 50.2 Å². The number of carbonyl (C=O) groups excluding carboxylic acids is 2. The molecule has 0 aromatic heterocycles. The van der Waals surface area contributed by atoms with Gasteiger partial charge in [0.1, 0.15) is 12.5 Å². The number of para-hydroxylation sites is 1. The standard InChI is InChI=1S/C27H36N2O3.Y/c1-4-5-17-32-27(31)24-15-10-16-29(19-24,18-23-13-7-6-8-14-23)20-25(30)28-26-21(2)11-9-12-22(26)3;/h6-9,11-14,24H,4-5,10,15-20H2,1-3H3;/p+1. The smallest absolute Gasteiger partial charge is 0.314 e. The first-order valence-electron chi connectivity index (χ1n) is 11.8. The fraction of sp³-hybridized carbons (Fsp3) is 0.481. The summed E-state index contributed by atoms with van der Waals surface area (Å²) >= 11 is 0. The molecule has 0 aliphatic carbocycles. The van der Waals surface area contributed by atoms with Crippen molar-refractivity contribution in [1.82, 2.24) is 0 Å². The van der Waals surface area contributed by atoms with Crippen molar-refractivity contribution in [2.24, 2.45) is 5.92 Å². The minimum atomic E-state index is -0.155. The molecule has 2 atom stereocenters. The number of piperidine rings is 1. The third-order valence-electron chi connectivity index (χ3n) is 6.45. The molecule has 0 spiro atoms. The number of carbonyl (C=O) groups is 2. The van der Waals surface area contributed by atoms with Crippen LogP contribution in [0.1, 0.15) is 49.3 Å². The Balaban J connectivity index is 0.00000385. The first-order valence-corrected chi connectivity index (χ1v) is 11.8. The third kappa shape index (κ3) is 8.01. The summed E-state index contributed by atoms with van der Waals surface area (Å²) in [5, 5.41) is 3.15. The number of ether oxygens (including phenoxy) is 1. The van der Waals surface area contributed by atoms with Gasteiger partial charge in [0.15, 0.2) is 6.54 Å². The molecule has 1 aliphatic heterocycles. The van der Waals surface area contributed by atoms with Crippen molar-refractivity contribution in [3.8, 4) is 0 Å². The average Bonchev–Trinajstić information content (AvgIpc) is 2.77. The fourth-order valence-corrected chi connectivity index (χ4v) is 4.76. The first kappa shape index (κ1) is 27.7. The predicted molar refractivity (Wildman–Crippen MR) is 128 cm³/mol. The Morgan fingerprint density at radius 3 is 2.42 bits per heavy atom. The van der Waals surface area contributed by atoms with Crippen molar-refractivity contribution in [3.05, 3.63) is 65.2 Å². The number of anilines is 1. The van der Waals surface area contributed by atoms with E-state index in [0.717, 1.165) is 55.6 Å². The molecular formula is C27H37N2O3Y+. The average molecular weight is 527 g/mol. The van der Waals surface area contributed by atoms with Crippen LogP contribution >= 0.6 is 0 Å². The maximum absolute atomic E-state index is 13.2. The zero-order valence-electron chi connectivity index (χ0n) is 20.3. The Bertz CT molecular complexity index is 899. The molecule has 5 nitrogen and oxygen atoms in total. The van der Waals surface area contributed by atoms with Gasteiger partial charge in [-0.2, -0.15) is 0 Å². The van der Waals surface area contributed by atoms with Crippen LogP contribution in [0.25, 0.3) is 0 Å². The molecule has 1 amide bonds. The van der Waals surface area contributed by atoms with Crippen molar-refractivity contribution < 1.29 is 51.5 Å². The van der Waals surface area contributed by atoms with Gasteiger partial charge in [-0.05, 0) is 44.2 Å². The van der Waals surface area contributed by atoms with E-state index in [-0.39, 0.29) is 50.5 Å². The number of rotatable bonds is 9. The van der Waals surface area contributed by atoms with Crippen LogP contribution in [-0.4, -0.2) is 42.6 Å². The second kappa shape index (κ2) is 13.4. The number of quaternary nitrogens is 1. The summed E-state index contributed by atoms with van der Waals surface area (Å²) in [4.78, 5) is 26.0. The van der Waals surface area contributed by atoms with Crippen molar-refractivity contribution in [2.45, 2.75) is 53.0 Å². The SMILES string of the molecule is CCCCOC(=O)C1CCC[N+](CC(=O)Nc2c(C)cccc2C)(Cc2ccccc2)C1.[Y]. The van der Waals surface area contributed by atoms with Gasteiger partial charge < -0.3 is 14.5 Å². The Kier molecular flexibility index (Phi) is 11.2. The van der Waals surface area contributed by atoms with Crippen molar-refractivity contribution in [1.29, 1.82) is 0 Å². The molecule has 1 N–H and O–H groups in total. The minimum absolute atomic E-state index is 0. The van der Waals surface area contributed by atoms with Gasteiger partial charge in [0.05, 0.1) is 19.7 Å². The molecule has 1 heterocycles. The fourth-order valence-electron chi connectivity index (χ4n) is 4.76. The van der Waals surface area contributed by atoms with Gasteiger partial charge in [-0.15, -0.1) is 0 Å². The summed E-state index contributed by atoms with van der Waals surface area (Å²) in [5.74, 6) is -0.264. The van der Waals surface area contributed by atoms with E-state index >= 15 is 0 Å². The third-order valence-corrected chi connectivity index (χ3v) is 6.45. The van der Waals surface area contributed by atoms with Crippen LogP contribution in [0.5, 0.6) is 0 Å². The maximum Gasteiger partial charge on any atom is 0.314 e. The van der Waals surface area contributed by atoms with E-state index in [4.69, 9.17) is 4.74 Å². The van der Waals surface area contributed by atoms with E-state index in [9.17, 15) is 9.59 Å². The molecule has 3 rings (SSSR count). The van der Waals surface area contributed by atoms with Crippen molar-refractivity contribution in [3.63, 3.8) is 0 Å². The zero-order valence-corrected chi connectivity index (χ0v) is 23.1.